The van der Waals surface area contributed by atoms with Gasteiger partial charge in [0.05, 0.1) is 0 Å². The molecule has 2 atom stereocenters. The Hall–Kier alpha value is -1.64. The molecule has 19 heavy (non-hydrogen) atoms. The van der Waals surface area contributed by atoms with Crippen molar-refractivity contribution in [2.45, 2.75) is 37.5 Å². The minimum atomic E-state index is -0.0991. The van der Waals surface area contributed by atoms with E-state index in [1.807, 2.05) is 12.1 Å². The van der Waals surface area contributed by atoms with Gasteiger partial charge in [-0.25, -0.2) is 0 Å². The number of carbonyl (C=O) groups excluding carboxylic acids is 1. The van der Waals surface area contributed by atoms with Gasteiger partial charge >= 0.3 is 0 Å². The first-order valence-electron chi connectivity index (χ1n) is 7.00. The smallest absolute Gasteiger partial charge is 0.133 e. The summed E-state index contributed by atoms with van der Waals surface area (Å²) in [6.07, 6.45) is 6.24. The number of aliphatic imine (C=N–C) groups is 1. The first kappa shape index (κ1) is 11.2. The maximum Gasteiger partial charge on any atom is 0.133 e. The number of Topliss-reactive ketones (excluding diaryl/α,β-unsaturated/α-hetero) is 1. The third-order valence-corrected chi connectivity index (χ3v) is 5.42. The van der Waals surface area contributed by atoms with Crippen molar-refractivity contribution in [3.63, 3.8) is 0 Å². The molecule has 1 saturated carbocycles. The number of phenols is 1. The Labute approximate surface area is 112 Å². The van der Waals surface area contributed by atoms with E-state index in [0.29, 0.717) is 24.4 Å². The average Bonchev–Trinajstić information content (AvgIpc) is 2.69. The molecule has 1 heterocycles. The van der Waals surface area contributed by atoms with Crippen molar-refractivity contribution >= 4 is 12.0 Å². The molecule has 1 aromatic rings. The normalized spacial score (nSPS) is 35.7. The van der Waals surface area contributed by atoms with Crippen LogP contribution in [0.25, 0.3) is 0 Å². The molecule has 0 saturated heterocycles. The summed E-state index contributed by atoms with van der Waals surface area (Å²) in [5, 5.41) is 9.82. The number of rotatable bonds is 0. The summed E-state index contributed by atoms with van der Waals surface area (Å²) in [5.41, 5.74) is 2.42. The van der Waals surface area contributed by atoms with E-state index in [0.717, 1.165) is 25.8 Å². The summed E-state index contributed by atoms with van der Waals surface area (Å²) in [4.78, 5) is 16.6. The molecule has 0 spiro atoms. The van der Waals surface area contributed by atoms with Crippen LogP contribution in [-0.2, 0) is 16.6 Å². The zero-order valence-corrected chi connectivity index (χ0v) is 10.9. The van der Waals surface area contributed by atoms with Crippen LogP contribution in [0.4, 0.5) is 0 Å². The Morgan fingerprint density at radius 1 is 1.21 bits per heavy atom. The van der Waals surface area contributed by atoms with Crippen LogP contribution >= 0.6 is 0 Å². The number of hydrogen-bond acceptors (Lipinski definition) is 3. The average molecular weight is 255 g/mol. The van der Waals surface area contributed by atoms with Crippen molar-refractivity contribution in [1.82, 2.24) is 0 Å². The number of ketones is 1. The lowest BCUT2D eigenvalue weighted by molar-refractivity contribution is -0.124. The van der Waals surface area contributed by atoms with Gasteiger partial charge in [0.15, 0.2) is 0 Å². The summed E-state index contributed by atoms with van der Waals surface area (Å²) in [6.45, 7) is 0.796. The van der Waals surface area contributed by atoms with Crippen LogP contribution < -0.4 is 0 Å². The lowest BCUT2D eigenvalue weighted by Crippen LogP contribution is -2.51. The maximum absolute atomic E-state index is 12.0. The van der Waals surface area contributed by atoms with Crippen molar-refractivity contribution in [3.05, 3.63) is 29.3 Å². The van der Waals surface area contributed by atoms with E-state index < -0.39 is 0 Å². The molecule has 4 rings (SSSR count). The van der Waals surface area contributed by atoms with E-state index in [2.05, 4.69) is 11.2 Å². The number of aromatic hydroxyl groups is 1. The monoisotopic (exact) mass is 255 g/mol. The quantitative estimate of drug-likeness (QED) is 0.774. The van der Waals surface area contributed by atoms with Crippen molar-refractivity contribution in [2.24, 2.45) is 10.4 Å². The summed E-state index contributed by atoms with van der Waals surface area (Å²) in [7, 11) is 0. The Bertz CT molecular complexity index is 607. The van der Waals surface area contributed by atoms with Crippen LogP contribution in [0.5, 0.6) is 5.75 Å². The fraction of sp³-hybridized carbons (Fsp3) is 0.500. The predicted octanol–water partition coefficient (Wildman–Crippen LogP) is 2.40. The fourth-order valence-corrected chi connectivity index (χ4v) is 4.53. The van der Waals surface area contributed by atoms with Gasteiger partial charge in [0.1, 0.15) is 11.5 Å². The molecule has 0 unspecified atom stereocenters. The zero-order chi connectivity index (χ0) is 13.1. The third kappa shape index (κ3) is 1.28. The highest BCUT2D eigenvalue weighted by molar-refractivity contribution is 5.87. The fourth-order valence-electron chi connectivity index (χ4n) is 4.53. The van der Waals surface area contributed by atoms with E-state index in [4.69, 9.17) is 0 Å². The van der Waals surface area contributed by atoms with Crippen molar-refractivity contribution in [2.75, 3.05) is 6.54 Å². The third-order valence-electron chi connectivity index (χ3n) is 5.42. The molecule has 3 heteroatoms. The topological polar surface area (TPSA) is 49.7 Å². The molecule has 0 aromatic heterocycles. The van der Waals surface area contributed by atoms with Gasteiger partial charge in [-0.15, -0.1) is 0 Å². The van der Waals surface area contributed by atoms with Crippen LogP contribution in [0.15, 0.2) is 23.2 Å². The van der Waals surface area contributed by atoms with Gasteiger partial charge in [0.2, 0.25) is 0 Å². The molecule has 1 N–H and O–H groups in total. The highest BCUT2D eigenvalue weighted by Crippen LogP contribution is 2.61. The number of hydrogen-bond donors (Lipinski definition) is 1. The highest BCUT2D eigenvalue weighted by Gasteiger charge is 2.60. The SMILES string of the molecule is O=C1CC[C@]23C=NCC[C@@]2(C1)c1cc(O)ccc1C3. The molecule has 1 aliphatic heterocycles. The molecule has 3 aliphatic rings. The zero-order valence-electron chi connectivity index (χ0n) is 10.9. The van der Waals surface area contributed by atoms with E-state index in [1.165, 1.54) is 11.1 Å². The van der Waals surface area contributed by atoms with Crippen molar-refractivity contribution in [3.8, 4) is 5.75 Å². The van der Waals surface area contributed by atoms with Crippen molar-refractivity contribution in [1.29, 1.82) is 0 Å². The van der Waals surface area contributed by atoms with Gasteiger partial charge in [-0.3, -0.25) is 9.79 Å². The molecule has 3 nitrogen and oxygen atoms in total. The minimum absolute atomic E-state index is 0.0231. The van der Waals surface area contributed by atoms with Crippen LogP contribution in [0.3, 0.4) is 0 Å². The maximum atomic E-state index is 12.0. The number of fused-ring (bicyclic) bond motifs is 1. The molecule has 1 aromatic carbocycles. The Morgan fingerprint density at radius 2 is 2.11 bits per heavy atom. The molecular weight excluding hydrogens is 238 g/mol. The highest BCUT2D eigenvalue weighted by atomic mass is 16.3. The van der Waals surface area contributed by atoms with Crippen LogP contribution in [0.1, 0.15) is 36.8 Å². The largest absolute Gasteiger partial charge is 0.508 e. The molecule has 1 fully saturated rings. The van der Waals surface area contributed by atoms with Gasteiger partial charge in [-0.05, 0) is 42.5 Å². The Balaban J connectivity index is 1.98. The second-order valence-corrected chi connectivity index (χ2v) is 6.26. The van der Waals surface area contributed by atoms with E-state index >= 15 is 0 Å². The molecule has 0 amide bonds. The number of nitrogens with zero attached hydrogens (tertiary/aromatic N) is 1. The molecule has 98 valence electrons. The minimum Gasteiger partial charge on any atom is -0.508 e. The van der Waals surface area contributed by atoms with Crippen LogP contribution in [0.2, 0.25) is 0 Å². The lowest BCUT2D eigenvalue weighted by Gasteiger charge is -2.49. The summed E-state index contributed by atoms with van der Waals surface area (Å²) >= 11 is 0. The summed E-state index contributed by atoms with van der Waals surface area (Å²) < 4.78 is 0. The van der Waals surface area contributed by atoms with Crippen LogP contribution in [0, 0.1) is 5.41 Å². The first-order chi connectivity index (χ1) is 9.15. The number of carbonyl (C=O) groups is 1. The predicted molar refractivity (Wildman–Crippen MR) is 72.8 cm³/mol. The Morgan fingerprint density at radius 3 is 3.00 bits per heavy atom. The van der Waals surface area contributed by atoms with Gasteiger partial charge < -0.3 is 5.11 Å². The molecular formula is C16H17NO2. The van der Waals surface area contributed by atoms with E-state index in [-0.39, 0.29) is 10.8 Å². The van der Waals surface area contributed by atoms with E-state index in [9.17, 15) is 9.90 Å². The lowest BCUT2D eigenvalue weighted by atomic mass is 9.54. The first-order valence-corrected chi connectivity index (χ1v) is 7.00. The number of phenolic OH excluding ortho intramolecular Hbond substituents is 1. The number of benzene rings is 1. The van der Waals surface area contributed by atoms with E-state index in [1.54, 1.807) is 6.07 Å². The standard InChI is InChI=1S/C16H17NO2/c18-12-2-1-11-8-15-4-3-13(19)9-16(15,14(11)7-12)5-6-17-10-15/h1-2,7,10,18H,3-6,8-9H2/t15-,16+/m0/s1. The molecule has 0 radical (unpaired) electrons. The second kappa shape index (κ2) is 3.47. The second-order valence-electron chi connectivity index (χ2n) is 6.26. The Kier molecular flexibility index (Phi) is 2.05. The van der Waals surface area contributed by atoms with Crippen LogP contribution in [-0.4, -0.2) is 23.6 Å². The van der Waals surface area contributed by atoms with Gasteiger partial charge in [0.25, 0.3) is 0 Å². The van der Waals surface area contributed by atoms with Gasteiger partial charge in [0, 0.05) is 36.4 Å². The van der Waals surface area contributed by atoms with Crippen molar-refractivity contribution < 1.29 is 9.90 Å². The molecule has 0 bridgehead atoms. The summed E-state index contributed by atoms with van der Waals surface area (Å²) in [5.74, 6) is 0.673. The van der Waals surface area contributed by atoms with Gasteiger partial charge in [-0.2, -0.15) is 0 Å². The summed E-state index contributed by atoms with van der Waals surface area (Å²) in [6, 6.07) is 5.67. The van der Waals surface area contributed by atoms with Gasteiger partial charge in [-0.1, -0.05) is 6.07 Å². The molecule has 2 aliphatic carbocycles.